The van der Waals surface area contributed by atoms with E-state index in [-0.39, 0.29) is 0 Å². The molecule has 1 rings (SSSR count). The molecule has 0 bridgehead atoms. The molecule has 0 aliphatic carbocycles. The minimum absolute atomic E-state index is 0.446. The summed E-state index contributed by atoms with van der Waals surface area (Å²) >= 11 is 0. The molecule has 2 atom stereocenters. The van der Waals surface area contributed by atoms with Gasteiger partial charge in [-0.05, 0) is 31.6 Å². The summed E-state index contributed by atoms with van der Waals surface area (Å²) in [7, 11) is 0. The minimum Gasteiger partial charge on any atom is -0.342 e. The number of hydrogen-bond acceptors (Lipinski definition) is 1. The number of carbonyl (C=O) groups is 1. The fourth-order valence-corrected chi connectivity index (χ4v) is 2.07. The van der Waals surface area contributed by atoms with Crippen LogP contribution in [-0.2, 0) is 4.79 Å². The molecule has 1 saturated heterocycles. The van der Waals surface area contributed by atoms with Gasteiger partial charge < -0.3 is 4.90 Å². The zero-order valence-corrected chi connectivity index (χ0v) is 8.99. The molecule has 2 nitrogen and oxygen atoms in total. The first-order valence-corrected chi connectivity index (χ1v) is 5.36. The van der Waals surface area contributed by atoms with E-state index in [1.807, 2.05) is 4.90 Å². The van der Waals surface area contributed by atoms with Crippen molar-refractivity contribution in [3.05, 3.63) is 0 Å². The highest BCUT2D eigenvalue weighted by Gasteiger charge is 2.23. The molecule has 1 heterocycles. The molecule has 1 amide bonds. The topological polar surface area (TPSA) is 20.3 Å². The molecule has 76 valence electrons. The Kier molecular flexibility index (Phi) is 3.76. The molecule has 0 spiro atoms. The summed E-state index contributed by atoms with van der Waals surface area (Å²) in [5, 5.41) is 0. The first-order valence-electron chi connectivity index (χ1n) is 5.36. The lowest BCUT2D eigenvalue weighted by atomic mass is 9.91. The summed E-state index contributed by atoms with van der Waals surface area (Å²) in [6, 6.07) is 0.446. The summed E-state index contributed by atoms with van der Waals surface area (Å²) < 4.78 is 0. The third-order valence-corrected chi connectivity index (χ3v) is 3.29. The van der Waals surface area contributed by atoms with Gasteiger partial charge in [0.05, 0.1) is 0 Å². The lowest BCUT2D eigenvalue weighted by Crippen LogP contribution is -2.34. The average Bonchev–Trinajstić information content (AvgIpc) is 2.27. The fourth-order valence-electron chi connectivity index (χ4n) is 2.07. The Morgan fingerprint density at radius 2 is 2.08 bits per heavy atom. The largest absolute Gasteiger partial charge is 0.342 e. The van der Waals surface area contributed by atoms with E-state index in [0.717, 1.165) is 13.0 Å². The van der Waals surface area contributed by atoms with Gasteiger partial charge in [0, 0.05) is 12.6 Å². The maximum absolute atomic E-state index is 10.8. The molecular weight excluding hydrogens is 162 g/mol. The number of carbonyl (C=O) groups excluding carboxylic acids is 1. The van der Waals surface area contributed by atoms with E-state index in [9.17, 15) is 4.79 Å². The van der Waals surface area contributed by atoms with Gasteiger partial charge in [0.2, 0.25) is 6.41 Å². The van der Waals surface area contributed by atoms with Crippen LogP contribution in [0.15, 0.2) is 0 Å². The van der Waals surface area contributed by atoms with Crippen LogP contribution in [0.3, 0.4) is 0 Å². The highest BCUT2D eigenvalue weighted by Crippen LogP contribution is 2.25. The molecule has 13 heavy (non-hydrogen) atoms. The van der Waals surface area contributed by atoms with Crippen LogP contribution in [0.2, 0.25) is 0 Å². The zero-order valence-electron chi connectivity index (χ0n) is 8.99. The van der Waals surface area contributed by atoms with Crippen LogP contribution in [-0.4, -0.2) is 23.9 Å². The maximum atomic E-state index is 10.8. The standard InChI is InChI=1S/C11H21NO/c1-9(2)11-6-4-5-10(3)12(7-11)8-13/h8-11H,4-7H2,1-3H3. The van der Waals surface area contributed by atoms with Gasteiger partial charge in [-0.2, -0.15) is 0 Å². The molecule has 0 aromatic carbocycles. The number of nitrogens with zero attached hydrogens (tertiary/aromatic N) is 1. The van der Waals surface area contributed by atoms with Crippen molar-refractivity contribution >= 4 is 6.41 Å². The van der Waals surface area contributed by atoms with Crippen molar-refractivity contribution in [2.45, 2.75) is 46.1 Å². The van der Waals surface area contributed by atoms with Crippen LogP contribution in [0.1, 0.15) is 40.0 Å². The predicted octanol–water partition coefficient (Wildman–Crippen LogP) is 2.29. The minimum atomic E-state index is 0.446. The Hall–Kier alpha value is -0.530. The Morgan fingerprint density at radius 3 is 2.62 bits per heavy atom. The summed E-state index contributed by atoms with van der Waals surface area (Å²) in [5.74, 6) is 1.41. The first-order chi connectivity index (χ1) is 6.15. The van der Waals surface area contributed by atoms with Crippen LogP contribution in [0.4, 0.5) is 0 Å². The first kappa shape index (κ1) is 10.6. The SMILES string of the molecule is CC(C)C1CCCC(C)N(C=O)C1. The maximum Gasteiger partial charge on any atom is 0.209 e. The van der Waals surface area contributed by atoms with Gasteiger partial charge in [-0.3, -0.25) is 4.79 Å². The summed E-state index contributed by atoms with van der Waals surface area (Å²) in [6.45, 7) is 7.62. The van der Waals surface area contributed by atoms with Crippen molar-refractivity contribution in [2.75, 3.05) is 6.54 Å². The second kappa shape index (κ2) is 4.64. The Labute approximate surface area is 81.3 Å². The summed E-state index contributed by atoms with van der Waals surface area (Å²) in [5.41, 5.74) is 0. The van der Waals surface area contributed by atoms with Gasteiger partial charge in [0.25, 0.3) is 0 Å². The van der Waals surface area contributed by atoms with Crippen molar-refractivity contribution in [1.29, 1.82) is 0 Å². The van der Waals surface area contributed by atoms with Crippen LogP contribution in [0.5, 0.6) is 0 Å². The van der Waals surface area contributed by atoms with Crippen molar-refractivity contribution in [3.8, 4) is 0 Å². The number of rotatable bonds is 2. The summed E-state index contributed by atoms with van der Waals surface area (Å²) in [4.78, 5) is 12.8. The van der Waals surface area contributed by atoms with Crippen molar-refractivity contribution in [3.63, 3.8) is 0 Å². The van der Waals surface area contributed by atoms with Crippen LogP contribution in [0.25, 0.3) is 0 Å². The Balaban J connectivity index is 2.58. The highest BCUT2D eigenvalue weighted by atomic mass is 16.1. The quantitative estimate of drug-likeness (QED) is 0.601. The molecule has 2 heteroatoms. The van der Waals surface area contributed by atoms with Gasteiger partial charge in [-0.15, -0.1) is 0 Å². The molecular formula is C11H21NO. The summed E-state index contributed by atoms with van der Waals surface area (Å²) in [6.07, 6.45) is 4.74. The monoisotopic (exact) mass is 183 g/mol. The predicted molar refractivity (Wildman–Crippen MR) is 54.4 cm³/mol. The van der Waals surface area contributed by atoms with Crippen molar-refractivity contribution < 1.29 is 4.79 Å². The fraction of sp³-hybridized carbons (Fsp3) is 0.909. The second-order valence-electron chi connectivity index (χ2n) is 4.59. The lowest BCUT2D eigenvalue weighted by molar-refractivity contribution is -0.120. The molecule has 1 fully saturated rings. The second-order valence-corrected chi connectivity index (χ2v) is 4.59. The molecule has 0 aromatic rings. The molecule has 0 radical (unpaired) electrons. The molecule has 1 aliphatic rings. The molecule has 0 N–H and O–H groups in total. The van der Waals surface area contributed by atoms with Crippen molar-refractivity contribution in [1.82, 2.24) is 4.90 Å². The molecule has 0 saturated carbocycles. The number of hydrogen-bond donors (Lipinski definition) is 0. The van der Waals surface area contributed by atoms with Crippen molar-refractivity contribution in [2.24, 2.45) is 11.8 Å². The zero-order chi connectivity index (χ0) is 9.84. The molecule has 2 unspecified atom stereocenters. The van der Waals surface area contributed by atoms with Gasteiger partial charge in [-0.1, -0.05) is 20.3 Å². The Bertz CT molecular complexity index is 167. The van der Waals surface area contributed by atoms with E-state index in [1.165, 1.54) is 19.3 Å². The van der Waals surface area contributed by atoms with E-state index < -0.39 is 0 Å². The average molecular weight is 183 g/mol. The van der Waals surface area contributed by atoms with E-state index in [2.05, 4.69) is 20.8 Å². The van der Waals surface area contributed by atoms with Crippen LogP contribution in [0, 0.1) is 11.8 Å². The van der Waals surface area contributed by atoms with Gasteiger partial charge in [-0.25, -0.2) is 0 Å². The van der Waals surface area contributed by atoms with Gasteiger partial charge in [0.1, 0.15) is 0 Å². The molecule has 1 aliphatic heterocycles. The normalized spacial score (nSPS) is 30.3. The number of likely N-dealkylation sites (tertiary alicyclic amines) is 1. The van der Waals surface area contributed by atoms with Crippen LogP contribution >= 0.6 is 0 Å². The van der Waals surface area contributed by atoms with Gasteiger partial charge >= 0.3 is 0 Å². The van der Waals surface area contributed by atoms with Crippen LogP contribution < -0.4 is 0 Å². The van der Waals surface area contributed by atoms with E-state index in [0.29, 0.717) is 17.9 Å². The highest BCUT2D eigenvalue weighted by molar-refractivity contribution is 5.47. The van der Waals surface area contributed by atoms with Gasteiger partial charge in [0.15, 0.2) is 0 Å². The number of amides is 1. The molecule has 0 aromatic heterocycles. The Morgan fingerprint density at radius 1 is 1.38 bits per heavy atom. The smallest absolute Gasteiger partial charge is 0.209 e. The third kappa shape index (κ3) is 2.71. The third-order valence-electron chi connectivity index (χ3n) is 3.29. The lowest BCUT2D eigenvalue weighted by Gasteiger charge is -2.26. The van der Waals surface area contributed by atoms with E-state index >= 15 is 0 Å². The van der Waals surface area contributed by atoms with E-state index in [4.69, 9.17) is 0 Å². The van der Waals surface area contributed by atoms with E-state index in [1.54, 1.807) is 0 Å².